The molecule has 7 heteroatoms. The second-order valence-electron chi connectivity index (χ2n) is 7.23. The zero-order chi connectivity index (χ0) is 20.9. The fourth-order valence-electron chi connectivity index (χ4n) is 3.32. The van der Waals surface area contributed by atoms with Crippen molar-refractivity contribution < 1.29 is 17.9 Å². The molecule has 6 nitrogen and oxygen atoms in total. The minimum Gasteiger partial charge on any atom is -0.497 e. The molecule has 1 aliphatic heterocycles. The van der Waals surface area contributed by atoms with Gasteiger partial charge in [-0.15, -0.1) is 0 Å². The number of piperidine rings is 1. The molecule has 0 aromatic heterocycles. The van der Waals surface area contributed by atoms with Crippen molar-refractivity contribution in [2.75, 3.05) is 25.5 Å². The summed E-state index contributed by atoms with van der Waals surface area (Å²) in [6.07, 6.45) is 5.05. The molecule has 1 fully saturated rings. The Labute approximate surface area is 172 Å². The number of rotatable bonds is 6. The number of ether oxygens (including phenoxy) is 1. The molecule has 0 saturated carbocycles. The minimum absolute atomic E-state index is 0.247. The van der Waals surface area contributed by atoms with Gasteiger partial charge in [0.25, 0.3) is 0 Å². The fraction of sp³-hybridized carbons (Fsp3) is 0.318. The molecule has 1 aliphatic rings. The Bertz CT molecular complexity index is 984. The van der Waals surface area contributed by atoms with E-state index in [9.17, 15) is 13.2 Å². The maximum Gasteiger partial charge on any atom is 0.248 e. The topological polar surface area (TPSA) is 75.7 Å². The summed E-state index contributed by atoms with van der Waals surface area (Å²) in [5.74, 6) is 0.786. The number of hydrogen-bond acceptors (Lipinski definition) is 4. The van der Waals surface area contributed by atoms with Gasteiger partial charge >= 0.3 is 0 Å². The van der Waals surface area contributed by atoms with Crippen LogP contribution in [-0.2, 0) is 14.8 Å². The molecule has 154 valence electrons. The largest absolute Gasteiger partial charge is 0.497 e. The standard InChI is InChI=1S/C22H26N2O4S/c1-17-5-4-14-24(16-17)29(26,27)21-11-9-19(10-12-21)23-22(25)13-8-18-6-3-7-20(15-18)28-2/h3,6-13,15,17H,4-5,14,16H2,1-2H3,(H,23,25)/b13-8+. The predicted octanol–water partition coefficient (Wildman–Crippen LogP) is 3.77. The van der Waals surface area contributed by atoms with Crippen molar-refractivity contribution in [1.82, 2.24) is 4.31 Å². The van der Waals surface area contributed by atoms with Crippen molar-refractivity contribution in [1.29, 1.82) is 0 Å². The average molecular weight is 415 g/mol. The van der Waals surface area contributed by atoms with Crippen LogP contribution in [0.1, 0.15) is 25.3 Å². The van der Waals surface area contributed by atoms with Gasteiger partial charge in [-0.05, 0) is 66.8 Å². The molecule has 1 saturated heterocycles. The first-order valence-electron chi connectivity index (χ1n) is 9.62. The molecule has 1 N–H and O–H groups in total. The lowest BCUT2D eigenvalue weighted by atomic mass is 10.0. The lowest BCUT2D eigenvalue weighted by molar-refractivity contribution is -0.111. The second kappa shape index (κ2) is 9.24. The van der Waals surface area contributed by atoms with Gasteiger partial charge in [-0.25, -0.2) is 8.42 Å². The van der Waals surface area contributed by atoms with Crippen LogP contribution in [0.5, 0.6) is 5.75 Å². The number of hydrogen-bond donors (Lipinski definition) is 1. The van der Waals surface area contributed by atoms with E-state index in [2.05, 4.69) is 12.2 Å². The van der Waals surface area contributed by atoms with Crippen molar-refractivity contribution in [3.63, 3.8) is 0 Å². The normalized spacial score (nSPS) is 17.9. The van der Waals surface area contributed by atoms with Gasteiger partial charge < -0.3 is 10.1 Å². The molecule has 0 radical (unpaired) electrons. The van der Waals surface area contributed by atoms with Gasteiger partial charge in [0, 0.05) is 24.9 Å². The van der Waals surface area contributed by atoms with Gasteiger partial charge in [-0.2, -0.15) is 4.31 Å². The summed E-state index contributed by atoms with van der Waals surface area (Å²) >= 11 is 0. The molecule has 3 rings (SSSR count). The highest BCUT2D eigenvalue weighted by molar-refractivity contribution is 7.89. The van der Waals surface area contributed by atoms with Gasteiger partial charge in [-0.3, -0.25) is 4.79 Å². The Morgan fingerprint density at radius 2 is 1.97 bits per heavy atom. The fourth-order valence-corrected chi connectivity index (χ4v) is 4.92. The van der Waals surface area contributed by atoms with E-state index in [0.29, 0.717) is 30.4 Å². The second-order valence-corrected chi connectivity index (χ2v) is 9.17. The molecule has 0 bridgehead atoms. The summed E-state index contributed by atoms with van der Waals surface area (Å²) in [7, 11) is -1.91. The Balaban J connectivity index is 1.64. The number of amides is 1. The highest BCUT2D eigenvalue weighted by Crippen LogP contribution is 2.24. The quantitative estimate of drug-likeness (QED) is 0.730. The van der Waals surface area contributed by atoms with Crippen molar-refractivity contribution in [2.45, 2.75) is 24.7 Å². The van der Waals surface area contributed by atoms with Crippen LogP contribution in [0.2, 0.25) is 0 Å². The first kappa shape index (κ1) is 21.1. The molecule has 29 heavy (non-hydrogen) atoms. The van der Waals surface area contributed by atoms with E-state index < -0.39 is 10.0 Å². The highest BCUT2D eigenvalue weighted by atomic mass is 32.2. The van der Waals surface area contributed by atoms with Crippen LogP contribution in [0.3, 0.4) is 0 Å². The number of carbonyl (C=O) groups excluding carboxylic acids is 1. The SMILES string of the molecule is COc1cccc(/C=C/C(=O)Nc2ccc(S(=O)(=O)N3CCCC(C)C3)cc2)c1. The van der Waals surface area contributed by atoms with Gasteiger partial charge in [0.15, 0.2) is 0 Å². The monoisotopic (exact) mass is 414 g/mol. The number of nitrogens with one attached hydrogen (secondary N) is 1. The van der Waals surface area contributed by atoms with E-state index in [-0.39, 0.29) is 10.8 Å². The summed E-state index contributed by atoms with van der Waals surface area (Å²) in [6, 6.07) is 13.7. The maximum absolute atomic E-state index is 12.8. The Morgan fingerprint density at radius 1 is 1.21 bits per heavy atom. The third kappa shape index (κ3) is 5.46. The Morgan fingerprint density at radius 3 is 2.66 bits per heavy atom. The maximum atomic E-state index is 12.8. The van der Waals surface area contributed by atoms with E-state index in [0.717, 1.165) is 18.4 Å². The average Bonchev–Trinajstić information content (AvgIpc) is 2.73. The first-order valence-corrected chi connectivity index (χ1v) is 11.1. The van der Waals surface area contributed by atoms with Crippen LogP contribution < -0.4 is 10.1 Å². The Kier molecular flexibility index (Phi) is 6.71. The van der Waals surface area contributed by atoms with Crippen LogP contribution >= 0.6 is 0 Å². The summed E-state index contributed by atoms with van der Waals surface area (Å²) < 4.78 is 32.3. The van der Waals surface area contributed by atoms with Crippen molar-refractivity contribution in [2.24, 2.45) is 5.92 Å². The molecule has 1 amide bonds. The van der Waals surface area contributed by atoms with Gasteiger partial charge in [0.2, 0.25) is 15.9 Å². The molecule has 2 aromatic rings. The highest BCUT2D eigenvalue weighted by Gasteiger charge is 2.28. The number of methoxy groups -OCH3 is 1. The summed E-state index contributed by atoms with van der Waals surface area (Å²) in [6.45, 7) is 3.18. The van der Waals surface area contributed by atoms with Crippen molar-refractivity contribution in [3.05, 3.63) is 60.2 Å². The molecule has 1 heterocycles. The molecule has 1 unspecified atom stereocenters. The van der Waals surface area contributed by atoms with E-state index in [1.165, 1.54) is 18.2 Å². The summed E-state index contributed by atoms with van der Waals surface area (Å²) in [4.78, 5) is 12.4. The first-order chi connectivity index (χ1) is 13.9. The Hall–Kier alpha value is -2.64. The van der Waals surface area contributed by atoms with Crippen molar-refractivity contribution in [3.8, 4) is 5.75 Å². The van der Waals surface area contributed by atoms with Crippen LogP contribution in [0.25, 0.3) is 6.08 Å². The number of nitrogens with zero attached hydrogens (tertiary/aromatic N) is 1. The van der Waals surface area contributed by atoms with Crippen LogP contribution in [0.4, 0.5) is 5.69 Å². The lowest BCUT2D eigenvalue weighted by Crippen LogP contribution is -2.39. The summed E-state index contributed by atoms with van der Waals surface area (Å²) in [5.41, 5.74) is 1.38. The van der Waals surface area contributed by atoms with Gasteiger partial charge in [0.1, 0.15) is 5.75 Å². The lowest BCUT2D eigenvalue weighted by Gasteiger charge is -2.30. The summed E-state index contributed by atoms with van der Waals surface area (Å²) in [5, 5.41) is 2.74. The van der Waals surface area contributed by atoms with Crippen LogP contribution in [0.15, 0.2) is 59.5 Å². The number of benzene rings is 2. The van der Waals surface area contributed by atoms with Crippen LogP contribution in [0, 0.1) is 5.92 Å². The third-order valence-electron chi connectivity index (χ3n) is 4.90. The molecular weight excluding hydrogens is 388 g/mol. The van der Waals surface area contributed by atoms with Crippen molar-refractivity contribution >= 4 is 27.7 Å². The van der Waals surface area contributed by atoms with E-state index in [1.807, 2.05) is 24.3 Å². The number of sulfonamides is 1. The smallest absolute Gasteiger partial charge is 0.248 e. The third-order valence-corrected chi connectivity index (χ3v) is 6.78. The van der Waals surface area contributed by atoms with E-state index in [4.69, 9.17) is 4.74 Å². The van der Waals surface area contributed by atoms with Crippen LogP contribution in [-0.4, -0.2) is 38.8 Å². The van der Waals surface area contributed by atoms with E-state index >= 15 is 0 Å². The number of carbonyl (C=O) groups is 1. The zero-order valence-corrected chi connectivity index (χ0v) is 17.5. The minimum atomic E-state index is -3.50. The molecule has 0 spiro atoms. The molecule has 2 aromatic carbocycles. The number of anilines is 1. The van der Waals surface area contributed by atoms with Gasteiger partial charge in [-0.1, -0.05) is 19.1 Å². The van der Waals surface area contributed by atoms with E-state index in [1.54, 1.807) is 29.6 Å². The molecular formula is C22H26N2O4S. The molecule has 0 aliphatic carbocycles. The van der Waals surface area contributed by atoms with Gasteiger partial charge in [0.05, 0.1) is 12.0 Å². The zero-order valence-electron chi connectivity index (χ0n) is 16.7. The molecule has 1 atom stereocenters. The predicted molar refractivity (Wildman–Crippen MR) is 114 cm³/mol.